The molecule has 2 aromatic rings. The fraction of sp³-hybridized carbons (Fsp3) is 0.333. The van der Waals surface area contributed by atoms with Crippen LogP contribution in [0.15, 0.2) is 53.4 Å². The SMILES string of the molecule is O=[N+]([O-])c1ccccc1S(=O)(=O)NCC(c1cccc(Cl)c1)N1CCOCC1. The number of para-hydroxylation sites is 1. The maximum atomic E-state index is 12.8. The molecule has 0 radical (unpaired) electrons. The number of nitro groups is 1. The number of benzene rings is 2. The van der Waals surface area contributed by atoms with Crippen molar-refractivity contribution in [2.45, 2.75) is 10.9 Å². The monoisotopic (exact) mass is 425 g/mol. The third-order valence-electron chi connectivity index (χ3n) is 4.54. The van der Waals surface area contributed by atoms with Crippen LogP contribution in [0, 0.1) is 10.1 Å². The Morgan fingerprint density at radius 2 is 1.89 bits per heavy atom. The molecule has 150 valence electrons. The number of sulfonamides is 1. The van der Waals surface area contributed by atoms with Gasteiger partial charge in [0, 0.05) is 36.8 Å². The highest BCUT2D eigenvalue weighted by molar-refractivity contribution is 7.89. The summed E-state index contributed by atoms with van der Waals surface area (Å²) in [5, 5.41) is 11.7. The van der Waals surface area contributed by atoms with Crippen LogP contribution < -0.4 is 4.72 Å². The third-order valence-corrected chi connectivity index (χ3v) is 6.24. The molecule has 1 aliphatic heterocycles. The Kier molecular flexibility index (Phi) is 6.63. The minimum Gasteiger partial charge on any atom is -0.379 e. The van der Waals surface area contributed by atoms with E-state index >= 15 is 0 Å². The van der Waals surface area contributed by atoms with Gasteiger partial charge < -0.3 is 4.74 Å². The van der Waals surface area contributed by atoms with E-state index in [-0.39, 0.29) is 17.5 Å². The van der Waals surface area contributed by atoms with Gasteiger partial charge in [-0.15, -0.1) is 0 Å². The highest BCUT2D eigenvalue weighted by Gasteiger charge is 2.28. The summed E-state index contributed by atoms with van der Waals surface area (Å²) >= 11 is 6.11. The molecule has 1 fully saturated rings. The minimum atomic E-state index is -4.07. The molecular weight excluding hydrogens is 406 g/mol. The Morgan fingerprint density at radius 1 is 1.18 bits per heavy atom. The molecule has 10 heteroatoms. The minimum absolute atomic E-state index is 0.0503. The number of nitro benzene ring substituents is 1. The van der Waals surface area contributed by atoms with E-state index < -0.39 is 20.6 Å². The Bertz CT molecular complexity index is 948. The van der Waals surface area contributed by atoms with Crippen molar-refractivity contribution in [2.24, 2.45) is 0 Å². The predicted molar refractivity (Wildman–Crippen MR) is 105 cm³/mol. The van der Waals surface area contributed by atoms with Crippen molar-refractivity contribution in [2.75, 3.05) is 32.8 Å². The molecule has 1 aliphatic rings. The van der Waals surface area contributed by atoms with Crippen LogP contribution in [0.1, 0.15) is 11.6 Å². The zero-order valence-corrected chi connectivity index (χ0v) is 16.5. The molecular formula is C18H20ClN3O5S. The first-order valence-electron chi connectivity index (χ1n) is 8.69. The van der Waals surface area contributed by atoms with Crippen molar-refractivity contribution in [1.82, 2.24) is 9.62 Å². The van der Waals surface area contributed by atoms with Crippen molar-refractivity contribution < 1.29 is 18.1 Å². The average Bonchev–Trinajstić information content (AvgIpc) is 2.69. The molecule has 1 saturated heterocycles. The number of nitrogens with zero attached hydrogens (tertiary/aromatic N) is 2. The zero-order chi connectivity index (χ0) is 20.1. The molecule has 0 aliphatic carbocycles. The van der Waals surface area contributed by atoms with Crippen molar-refractivity contribution in [3.63, 3.8) is 0 Å². The summed E-state index contributed by atoms with van der Waals surface area (Å²) in [6, 6.07) is 12.2. The second kappa shape index (κ2) is 8.97. The topological polar surface area (TPSA) is 102 Å². The largest absolute Gasteiger partial charge is 0.379 e. The third kappa shape index (κ3) is 4.86. The summed E-state index contributed by atoms with van der Waals surface area (Å²) in [7, 11) is -4.07. The van der Waals surface area contributed by atoms with E-state index in [0.717, 1.165) is 5.56 Å². The van der Waals surface area contributed by atoms with Crippen LogP contribution in [0.4, 0.5) is 5.69 Å². The average molecular weight is 426 g/mol. The van der Waals surface area contributed by atoms with Gasteiger partial charge in [-0.3, -0.25) is 15.0 Å². The molecule has 28 heavy (non-hydrogen) atoms. The summed E-state index contributed by atoms with van der Waals surface area (Å²) in [5.74, 6) is 0. The Labute approximate surface area is 168 Å². The first-order valence-corrected chi connectivity index (χ1v) is 10.5. The molecule has 0 spiro atoms. The standard InChI is InChI=1S/C18H20ClN3O5S/c19-15-5-3-4-14(12-15)17(21-8-10-27-11-9-21)13-20-28(25,26)18-7-2-1-6-16(18)22(23)24/h1-7,12,17,20H,8-11,13H2. The van der Waals surface area contributed by atoms with Gasteiger partial charge in [0.2, 0.25) is 10.0 Å². The molecule has 0 saturated carbocycles. The van der Waals surface area contributed by atoms with Gasteiger partial charge in [0.1, 0.15) is 0 Å². The summed E-state index contributed by atoms with van der Waals surface area (Å²) in [6.07, 6.45) is 0. The van der Waals surface area contributed by atoms with Gasteiger partial charge in [0.25, 0.3) is 5.69 Å². The van der Waals surface area contributed by atoms with Crippen molar-refractivity contribution >= 4 is 27.3 Å². The lowest BCUT2D eigenvalue weighted by Crippen LogP contribution is -2.43. The number of halogens is 1. The normalized spacial score (nSPS) is 16.6. The van der Waals surface area contributed by atoms with Crippen LogP contribution in [-0.2, 0) is 14.8 Å². The lowest BCUT2D eigenvalue weighted by Gasteiger charge is -2.35. The Balaban J connectivity index is 1.86. The smallest absolute Gasteiger partial charge is 0.289 e. The van der Waals surface area contributed by atoms with Gasteiger partial charge in [-0.25, -0.2) is 13.1 Å². The van der Waals surface area contributed by atoms with Gasteiger partial charge in [0.15, 0.2) is 4.90 Å². The zero-order valence-electron chi connectivity index (χ0n) is 15.0. The molecule has 1 heterocycles. The summed E-state index contributed by atoms with van der Waals surface area (Å²) in [6.45, 7) is 2.44. The van der Waals surface area contributed by atoms with Gasteiger partial charge in [-0.05, 0) is 23.8 Å². The van der Waals surface area contributed by atoms with Crippen LogP contribution >= 0.6 is 11.6 Å². The van der Waals surface area contributed by atoms with E-state index in [0.29, 0.717) is 31.3 Å². The molecule has 1 atom stereocenters. The van der Waals surface area contributed by atoms with Gasteiger partial charge >= 0.3 is 0 Å². The van der Waals surface area contributed by atoms with Crippen LogP contribution in [-0.4, -0.2) is 51.1 Å². The van der Waals surface area contributed by atoms with E-state index in [4.69, 9.17) is 16.3 Å². The van der Waals surface area contributed by atoms with Gasteiger partial charge in [-0.1, -0.05) is 35.9 Å². The lowest BCUT2D eigenvalue weighted by atomic mass is 10.1. The van der Waals surface area contributed by atoms with E-state index in [9.17, 15) is 18.5 Å². The highest BCUT2D eigenvalue weighted by Crippen LogP contribution is 2.26. The number of nitrogens with one attached hydrogen (secondary N) is 1. The predicted octanol–water partition coefficient (Wildman–Crippen LogP) is 2.60. The van der Waals surface area contributed by atoms with Crippen LogP contribution in [0.5, 0.6) is 0 Å². The van der Waals surface area contributed by atoms with E-state index in [1.165, 1.54) is 24.3 Å². The number of hydrogen-bond acceptors (Lipinski definition) is 6. The van der Waals surface area contributed by atoms with Crippen LogP contribution in [0.25, 0.3) is 0 Å². The van der Waals surface area contributed by atoms with Crippen molar-refractivity contribution in [1.29, 1.82) is 0 Å². The Morgan fingerprint density at radius 3 is 2.57 bits per heavy atom. The molecule has 2 aromatic carbocycles. The van der Waals surface area contributed by atoms with Crippen LogP contribution in [0.2, 0.25) is 5.02 Å². The molecule has 1 N–H and O–H groups in total. The maximum absolute atomic E-state index is 12.8. The fourth-order valence-electron chi connectivity index (χ4n) is 3.16. The summed E-state index contributed by atoms with van der Waals surface area (Å²) < 4.78 is 33.4. The fourth-order valence-corrected chi connectivity index (χ4v) is 4.57. The second-order valence-electron chi connectivity index (χ2n) is 6.30. The molecule has 0 bridgehead atoms. The van der Waals surface area contributed by atoms with Crippen LogP contribution in [0.3, 0.4) is 0 Å². The highest BCUT2D eigenvalue weighted by atomic mass is 35.5. The number of ether oxygens (including phenoxy) is 1. The van der Waals surface area contributed by atoms with Crippen molar-refractivity contribution in [3.05, 3.63) is 69.2 Å². The quantitative estimate of drug-likeness (QED) is 0.540. The molecule has 0 amide bonds. The summed E-state index contributed by atoms with van der Waals surface area (Å²) in [5.41, 5.74) is 0.403. The maximum Gasteiger partial charge on any atom is 0.289 e. The molecule has 0 aromatic heterocycles. The second-order valence-corrected chi connectivity index (χ2v) is 8.47. The summed E-state index contributed by atoms with van der Waals surface area (Å²) in [4.78, 5) is 12.2. The number of rotatable bonds is 7. The van der Waals surface area contributed by atoms with E-state index in [2.05, 4.69) is 9.62 Å². The van der Waals surface area contributed by atoms with Gasteiger partial charge in [0.05, 0.1) is 18.1 Å². The first kappa shape index (κ1) is 20.7. The van der Waals surface area contributed by atoms with E-state index in [1.807, 2.05) is 12.1 Å². The number of hydrogen-bond donors (Lipinski definition) is 1. The molecule has 1 unspecified atom stereocenters. The van der Waals surface area contributed by atoms with E-state index in [1.54, 1.807) is 12.1 Å². The molecule has 8 nitrogen and oxygen atoms in total. The molecule has 3 rings (SSSR count). The van der Waals surface area contributed by atoms with Gasteiger partial charge in [-0.2, -0.15) is 0 Å². The lowest BCUT2D eigenvalue weighted by molar-refractivity contribution is -0.387. The Hall–Kier alpha value is -2.04. The van der Waals surface area contributed by atoms with Crippen molar-refractivity contribution in [3.8, 4) is 0 Å². The number of morpholine rings is 1. The first-order chi connectivity index (χ1) is 13.4.